The Morgan fingerprint density at radius 3 is 2.75 bits per heavy atom. The van der Waals surface area contributed by atoms with Crippen molar-refractivity contribution < 1.29 is 9.32 Å². The van der Waals surface area contributed by atoms with Gasteiger partial charge in [0, 0.05) is 25.2 Å². The molecule has 0 radical (unpaired) electrons. The normalized spacial score (nSPS) is 19.9. The molecule has 7 nitrogen and oxygen atoms in total. The van der Waals surface area contributed by atoms with Crippen LogP contribution in [-0.4, -0.2) is 34.1 Å². The Morgan fingerprint density at radius 1 is 1.12 bits per heavy atom. The Labute approximate surface area is 188 Å². The topological polar surface area (TPSA) is 84.2 Å². The lowest BCUT2D eigenvalue weighted by Crippen LogP contribution is -2.44. The Hall–Kier alpha value is -3.22. The Morgan fingerprint density at radius 2 is 1.97 bits per heavy atom. The van der Waals surface area contributed by atoms with Crippen molar-refractivity contribution in [3.8, 4) is 11.4 Å². The zero-order valence-corrected chi connectivity index (χ0v) is 18.4. The second-order valence-electron chi connectivity index (χ2n) is 8.88. The van der Waals surface area contributed by atoms with Crippen LogP contribution in [-0.2, 0) is 4.79 Å². The summed E-state index contributed by atoms with van der Waals surface area (Å²) >= 11 is 0. The molecular formula is C25H29N5O2. The summed E-state index contributed by atoms with van der Waals surface area (Å²) in [4.78, 5) is 24.5. The van der Waals surface area contributed by atoms with Gasteiger partial charge in [0.25, 0.3) is 0 Å². The van der Waals surface area contributed by atoms with Crippen LogP contribution in [0.4, 0.5) is 5.82 Å². The van der Waals surface area contributed by atoms with Crippen LogP contribution in [0.1, 0.15) is 62.4 Å². The summed E-state index contributed by atoms with van der Waals surface area (Å²) in [5.41, 5.74) is 1.97. The van der Waals surface area contributed by atoms with E-state index in [4.69, 9.17) is 4.52 Å². The number of carbonyl (C=O) groups is 1. The fraction of sp³-hybridized carbons (Fsp3) is 0.440. The third-order valence-electron chi connectivity index (χ3n) is 6.67. The molecule has 2 atom stereocenters. The molecule has 1 aliphatic carbocycles. The van der Waals surface area contributed by atoms with Gasteiger partial charge in [0.1, 0.15) is 5.82 Å². The van der Waals surface area contributed by atoms with Crippen molar-refractivity contribution in [1.29, 1.82) is 0 Å². The van der Waals surface area contributed by atoms with Gasteiger partial charge in [-0.2, -0.15) is 4.98 Å². The summed E-state index contributed by atoms with van der Waals surface area (Å²) in [6, 6.07) is 13.9. The van der Waals surface area contributed by atoms with Crippen LogP contribution in [0, 0.1) is 5.92 Å². The number of rotatable bonds is 6. The fourth-order valence-electron chi connectivity index (χ4n) is 4.53. The van der Waals surface area contributed by atoms with Crippen LogP contribution in [0.15, 0.2) is 53.2 Å². The van der Waals surface area contributed by atoms with Gasteiger partial charge in [-0.25, -0.2) is 4.98 Å². The zero-order chi connectivity index (χ0) is 21.9. The molecule has 1 aliphatic heterocycles. The molecule has 0 bridgehead atoms. The number of carbonyl (C=O) groups excluding carboxylic acids is 1. The van der Waals surface area contributed by atoms with Gasteiger partial charge >= 0.3 is 0 Å². The van der Waals surface area contributed by atoms with Gasteiger partial charge in [0.2, 0.25) is 17.6 Å². The number of piperidine rings is 1. The van der Waals surface area contributed by atoms with Crippen LogP contribution in [0.5, 0.6) is 0 Å². The molecule has 1 aromatic carbocycles. The van der Waals surface area contributed by atoms with E-state index in [1.54, 1.807) is 6.20 Å². The predicted octanol–water partition coefficient (Wildman–Crippen LogP) is 4.49. The molecule has 1 saturated carbocycles. The van der Waals surface area contributed by atoms with Crippen LogP contribution < -0.4 is 10.2 Å². The maximum absolute atomic E-state index is 13.0. The summed E-state index contributed by atoms with van der Waals surface area (Å²) in [7, 11) is 0. The van der Waals surface area contributed by atoms with Crippen molar-refractivity contribution in [2.24, 2.45) is 5.92 Å². The fourth-order valence-corrected chi connectivity index (χ4v) is 4.53. The molecule has 2 aliphatic rings. The molecule has 0 spiro atoms. The lowest BCUT2D eigenvalue weighted by Gasteiger charge is -2.34. The number of nitrogens with zero attached hydrogens (tertiary/aromatic N) is 4. The summed E-state index contributed by atoms with van der Waals surface area (Å²) in [5.74, 6) is 2.54. The number of aromatic nitrogens is 3. The van der Waals surface area contributed by atoms with Crippen molar-refractivity contribution in [2.45, 2.75) is 51.0 Å². The lowest BCUT2D eigenvalue weighted by molar-refractivity contribution is -0.125. The maximum Gasteiger partial charge on any atom is 0.230 e. The average molecular weight is 432 g/mol. The first kappa shape index (κ1) is 20.7. The molecule has 3 aromatic rings. The van der Waals surface area contributed by atoms with Gasteiger partial charge in [0.15, 0.2) is 0 Å². The molecule has 1 N–H and O–H groups in total. The highest BCUT2D eigenvalue weighted by Crippen LogP contribution is 2.37. The van der Waals surface area contributed by atoms with Crippen molar-refractivity contribution in [3.05, 3.63) is 60.1 Å². The van der Waals surface area contributed by atoms with E-state index in [2.05, 4.69) is 25.3 Å². The van der Waals surface area contributed by atoms with Gasteiger partial charge in [-0.1, -0.05) is 41.9 Å². The number of benzene rings is 1. The molecule has 2 aromatic heterocycles. The van der Waals surface area contributed by atoms with Crippen LogP contribution in [0.25, 0.3) is 11.4 Å². The Bertz CT molecular complexity index is 1060. The quantitative estimate of drug-likeness (QED) is 0.619. The molecule has 2 unspecified atom stereocenters. The van der Waals surface area contributed by atoms with Crippen molar-refractivity contribution in [3.63, 3.8) is 0 Å². The van der Waals surface area contributed by atoms with Gasteiger partial charge in [-0.15, -0.1) is 0 Å². The minimum Gasteiger partial charge on any atom is -0.355 e. The molecule has 3 heterocycles. The summed E-state index contributed by atoms with van der Waals surface area (Å²) in [5, 5.41) is 7.43. The highest BCUT2D eigenvalue weighted by molar-refractivity contribution is 5.80. The molecule has 7 heteroatoms. The molecule has 1 saturated heterocycles. The number of hydrogen-bond donors (Lipinski definition) is 1. The average Bonchev–Trinajstić information content (AvgIpc) is 3.28. The molecule has 5 rings (SSSR count). The minimum atomic E-state index is -0.0828. The number of hydrogen-bond acceptors (Lipinski definition) is 6. The maximum atomic E-state index is 13.0. The zero-order valence-electron chi connectivity index (χ0n) is 18.4. The van der Waals surface area contributed by atoms with Gasteiger partial charge in [-0.3, -0.25) is 4.79 Å². The minimum absolute atomic E-state index is 0.0197. The van der Waals surface area contributed by atoms with E-state index < -0.39 is 0 Å². The third-order valence-corrected chi connectivity index (χ3v) is 6.67. The molecule has 166 valence electrons. The summed E-state index contributed by atoms with van der Waals surface area (Å²) in [6.45, 7) is 3.51. The van der Waals surface area contributed by atoms with Gasteiger partial charge in [0.05, 0.1) is 17.5 Å². The standard InChI is InChI=1S/C25H29N5O2/c1-17(18-8-3-2-4-9-18)27-24(31)20-12-7-15-30(16-20)23-21(13-6-14-26-23)22-28-25(32-29-22)19-10-5-11-19/h2-4,6,8-9,13-14,17,19-20H,5,7,10-12,15-16H2,1H3,(H,27,31). The predicted molar refractivity (Wildman–Crippen MR) is 122 cm³/mol. The van der Waals surface area contributed by atoms with E-state index >= 15 is 0 Å². The van der Waals surface area contributed by atoms with Crippen molar-refractivity contribution in [1.82, 2.24) is 20.4 Å². The molecule has 2 fully saturated rings. The van der Waals surface area contributed by atoms with E-state index in [1.807, 2.05) is 49.4 Å². The third kappa shape index (κ3) is 4.24. The van der Waals surface area contributed by atoms with Gasteiger partial charge in [-0.05, 0) is 50.3 Å². The van der Waals surface area contributed by atoms with Crippen molar-refractivity contribution in [2.75, 3.05) is 18.0 Å². The van der Waals surface area contributed by atoms with Crippen LogP contribution in [0.2, 0.25) is 0 Å². The number of amides is 1. The number of pyridine rings is 1. The first-order valence-corrected chi connectivity index (χ1v) is 11.6. The second kappa shape index (κ2) is 9.10. The number of anilines is 1. The van der Waals surface area contributed by atoms with Crippen molar-refractivity contribution >= 4 is 11.7 Å². The van der Waals surface area contributed by atoms with Gasteiger partial charge < -0.3 is 14.7 Å². The van der Waals surface area contributed by atoms with Crippen LogP contribution >= 0.6 is 0 Å². The first-order chi connectivity index (χ1) is 15.7. The molecular weight excluding hydrogens is 402 g/mol. The van der Waals surface area contributed by atoms with E-state index in [1.165, 1.54) is 6.42 Å². The highest BCUT2D eigenvalue weighted by Gasteiger charge is 2.30. The Balaban J connectivity index is 1.30. The van der Waals surface area contributed by atoms with E-state index in [-0.39, 0.29) is 17.9 Å². The SMILES string of the molecule is CC(NC(=O)C1CCCN(c2ncccc2-c2noc(C3CCC3)n2)C1)c1ccccc1. The van der Waals surface area contributed by atoms with E-state index in [0.717, 1.165) is 55.1 Å². The lowest BCUT2D eigenvalue weighted by atomic mass is 9.85. The first-order valence-electron chi connectivity index (χ1n) is 11.6. The smallest absolute Gasteiger partial charge is 0.230 e. The highest BCUT2D eigenvalue weighted by atomic mass is 16.5. The second-order valence-corrected chi connectivity index (χ2v) is 8.88. The van der Waals surface area contributed by atoms with Crippen LogP contribution in [0.3, 0.4) is 0 Å². The summed E-state index contributed by atoms with van der Waals surface area (Å²) < 4.78 is 5.54. The summed E-state index contributed by atoms with van der Waals surface area (Å²) in [6.07, 6.45) is 7.05. The van der Waals surface area contributed by atoms with E-state index in [0.29, 0.717) is 18.3 Å². The number of nitrogens with one attached hydrogen (secondary N) is 1. The molecule has 1 amide bonds. The molecule has 32 heavy (non-hydrogen) atoms. The monoisotopic (exact) mass is 431 g/mol. The largest absolute Gasteiger partial charge is 0.355 e. The Kier molecular flexibility index (Phi) is 5.88. The van der Waals surface area contributed by atoms with E-state index in [9.17, 15) is 4.79 Å².